The number of halogens is 2. The van der Waals surface area contributed by atoms with E-state index >= 15 is 0 Å². The van der Waals surface area contributed by atoms with Crippen molar-refractivity contribution in [2.45, 2.75) is 19.9 Å². The molecule has 1 aliphatic rings. The fourth-order valence-corrected chi connectivity index (χ4v) is 3.54. The highest BCUT2D eigenvalue weighted by atomic mass is 35.5. The molecule has 2 aromatic carbocycles. The smallest absolute Gasteiger partial charge is 0.338 e. The van der Waals surface area contributed by atoms with E-state index in [1.54, 1.807) is 50.2 Å². The summed E-state index contributed by atoms with van der Waals surface area (Å²) < 4.78 is 24.9. The molecular weight excluding hydrogens is 411 g/mol. The molecule has 0 spiro atoms. The summed E-state index contributed by atoms with van der Waals surface area (Å²) >= 11 is 6.34. The van der Waals surface area contributed by atoms with Crippen molar-refractivity contribution in [3.05, 3.63) is 76.2 Å². The highest BCUT2D eigenvalue weighted by Gasteiger charge is 2.38. The largest absolute Gasteiger partial charge is 0.484 e. The van der Waals surface area contributed by atoms with E-state index in [4.69, 9.17) is 21.1 Å². The summed E-state index contributed by atoms with van der Waals surface area (Å²) in [6, 6.07) is 11.6. The number of likely N-dealkylation sites (N-methyl/N-ethyl adjacent to an activating group) is 1. The molecular formula is C22H22ClFN2O4. The van der Waals surface area contributed by atoms with Gasteiger partial charge < -0.3 is 14.8 Å². The Labute approximate surface area is 179 Å². The SMILES string of the molecule is CCOC(=O)C1=C(COc2ccccc2F)N(CC)C(=O)N[C@@H]1c1ccccc1Cl. The number of rotatable bonds is 7. The summed E-state index contributed by atoms with van der Waals surface area (Å²) in [6.07, 6.45) is 0. The van der Waals surface area contributed by atoms with Crippen molar-refractivity contribution in [3.63, 3.8) is 0 Å². The van der Waals surface area contributed by atoms with Gasteiger partial charge >= 0.3 is 12.0 Å². The van der Waals surface area contributed by atoms with Gasteiger partial charge in [-0.15, -0.1) is 0 Å². The molecule has 0 aromatic heterocycles. The number of amides is 2. The van der Waals surface area contributed by atoms with Crippen molar-refractivity contribution >= 4 is 23.6 Å². The maximum atomic E-state index is 14.0. The lowest BCUT2D eigenvalue weighted by molar-refractivity contribution is -0.139. The van der Waals surface area contributed by atoms with E-state index in [0.29, 0.717) is 16.3 Å². The van der Waals surface area contributed by atoms with Gasteiger partial charge in [0.05, 0.1) is 23.9 Å². The van der Waals surface area contributed by atoms with Crippen LogP contribution in [0, 0.1) is 5.82 Å². The molecule has 1 heterocycles. The Morgan fingerprint density at radius 2 is 1.87 bits per heavy atom. The van der Waals surface area contributed by atoms with Crippen LogP contribution < -0.4 is 10.1 Å². The van der Waals surface area contributed by atoms with Gasteiger partial charge in [0, 0.05) is 11.6 Å². The van der Waals surface area contributed by atoms with Crippen molar-refractivity contribution in [1.82, 2.24) is 10.2 Å². The van der Waals surface area contributed by atoms with Crippen molar-refractivity contribution in [2.75, 3.05) is 19.8 Å². The lowest BCUT2D eigenvalue weighted by Crippen LogP contribution is -2.49. The number of carbonyl (C=O) groups is 2. The topological polar surface area (TPSA) is 67.9 Å². The van der Waals surface area contributed by atoms with E-state index in [2.05, 4.69) is 5.32 Å². The Bertz CT molecular complexity index is 979. The molecule has 0 unspecified atom stereocenters. The van der Waals surface area contributed by atoms with Gasteiger partial charge in [0.2, 0.25) is 0 Å². The Kier molecular flexibility index (Phi) is 6.95. The summed E-state index contributed by atoms with van der Waals surface area (Å²) in [5, 5.41) is 3.21. The zero-order chi connectivity index (χ0) is 21.7. The lowest BCUT2D eigenvalue weighted by Gasteiger charge is -2.36. The van der Waals surface area contributed by atoms with Gasteiger partial charge in [-0.2, -0.15) is 0 Å². The van der Waals surface area contributed by atoms with Gasteiger partial charge in [-0.3, -0.25) is 4.90 Å². The van der Waals surface area contributed by atoms with Crippen LogP contribution in [0.5, 0.6) is 5.75 Å². The van der Waals surface area contributed by atoms with Crippen molar-refractivity contribution < 1.29 is 23.5 Å². The first-order chi connectivity index (χ1) is 14.5. The molecule has 6 nitrogen and oxygen atoms in total. The molecule has 0 saturated carbocycles. The lowest BCUT2D eigenvalue weighted by atomic mass is 9.94. The maximum absolute atomic E-state index is 14.0. The van der Waals surface area contributed by atoms with Crippen LogP contribution in [0.3, 0.4) is 0 Å². The van der Waals surface area contributed by atoms with Crippen LogP contribution in [-0.2, 0) is 9.53 Å². The van der Waals surface area contributed by atoms with E-state index in [0.717, 1.165) is 0 Å². The first-order valence-electron chi connectivity index (χ1n) is 9.57. The molecule has 2 aromatic rings. The Balaban J connectivity index is 2.10. The van der Waals surface area contributed by atoms with E-state index in [1.807, 2.05) is 0 Å². The second-order valence-corrected chi connectivity index (χ2v) is 6.86. The van der Waals surface area contributed by atoms with Crippen molar-refractivity contribution in [2.24, 2.45) is 0 Å². The third-order valence-electron chi connectivity index (χ3n) is 4.67. The molecule has 3 rings (SSSR count). The maximum Gasteiger partial charge on any atom is 0.338 e. The molecule has 1 aliphatic heterocycles. The van der Waals surface area contributed by atoms with Crippen LogP contribution in [0.15, 0.2) is 59.8 Å². The minimum atomic E-state index is -0.827. The average molecular weight is 433 g/mol. The number of benzene rings is 2. The van der Waals surface area contributed by atoms with Crippen LogP contribution in [0.4, 0.5) is 9.18 Å². The number of nitrogens with zero attached hydrogens (tertiary/aromatic N) is 1. The number of hydrogen-bond donors (Lipinski definition) is 1. The monoisotopic (exact) mass is 432 g/mol. The van der Waals surface area contributed by atoms with Gasteiger partial charge in [-0.25, -0.2) is 14.0 Å². The van der Waals surface area contributed by atoms with Gasteiger partial charge in [-0.1, -0.05) is 41.9 Å². The van der Waals surface area contributed by atoms with Gasteiger partial charge in [0.15, 0.2) is 11.6 Å². The van der Waals surface area contributed by atoms with Gasteiger partial charge in [-0.05, 0) is 37.6 Å². The predicted molar refractivity (Wildman–Crippen MR) is 111 cm³/mol. The van der Waals surface area contributed by atoms with E-state index < -0.39 is 23.9 Å². The fraction of sp³-hybridized carbons (Fsp3) is 0.273. The highest BCUT2D eigenvalue weighted by molar-refractivity contribution is 6.31. The summed E-state index contributed by atoms with van der Waals surface area (Å²) in [5.41, 5.74) is 1.05. The third kappa shape index (κ3) is 4.41. The normalized spacial score (nSPS) is 16.3. The number of hydrogen-bond acceptors (Lipinski definition) is 4. The highest BCUT2D eigenvalue weighted by Crippen LogP contribution is 2.35. The van der Waals surface area contributed by atoms with Crippen LogP contribution in [0.1, 0.15) is 25.5 Å². The zero-order valence-corrected chi connectivity index (χ0v) is 17.4. The van der Waals surface area contributed by atoms with E-state index in [-0.39, 0.29) is 31.1 Å². The second kappa shape index (κ2) is 9.63. The third-order valence-corrected chi connectivity index (χ3v) is 5.01. The quantitative estimate of drug-likeness (QED) is 0.656. The molecule has 0 saturated heterocycles. The van der Waals surface area contributed by atoms with Gasteiger partial charge in [0.25, 0.3) is 0 Å². The van der Waals surface area contributed by atoms with Crippen LogP contribution in [-0.4, -0.2) is 36.7 Å². The molecule has 158 valence electrons. The van der Waals surface area contributed by atoms with Crippen molar-refractivity contribution in [1.29, 1.82) is 0 Å². The molecule has 8 heteroatoms. The van der Waals surface area contributed by atoms with Crippen LogP contribution in [0.25, 0.3) is 0 Å². The summed E-state index contributed by atoms with van der Waals surface area (Å²) in [6.45, 7) is 3.69. The standard InChI is InChI=1S/C22H22ClFN2O4/c1-3-26-17(13-30-18-12-8-7-11-16(18)24)19(21(27)29-4-2)20(25-22(26)28)14-9-5-6-10-15(14)23/h5-12,20H,3-4,13H2,1-2H3,(H,25,28)/t20-/m1/s1. The Hall–Kier alpha value is -3.06. The average Bonchev–Trinajstić information content (AvgIpc) is 2.73. The first kappa shape index (κ1) is 21.6. The van der Waals surface area contributed by atoms with E-state index in [9.17, 15) is 14.0 Å². The molecule has 0 fully saturated rings. The predicted octanol–water partition coefficient (Wildman–Crippen LogP) is 4.46. The van der Waals surface area contributed by atoms with Crippen LogP contribution in [0.2, 0.25) is 5.02 Å². The molecule has 1 N–H and O–H groups in total. The number of nitrogens with one attached hydrogen (secondary N) is 1. The Morgan fingerprint density at radius 1 is 1.17 bits per heavy atom. The molecule has 30 heavy (non-hydrogen) atoms. The summed E-state index contributed by atoms with van der Waals surface area (Å²) in [5.74, 6) is -1.13. The Morgan fingerprint density at radius 3 is 2.53 bits per heavy atom. The molecule has 2 amide bonds. The number of urea groups is 1. The number of ether oxygens (including phenoxy) is 2. The summed E-state index contributed by atoms with van der Waals surface area (Å²) in [7, 11) is 0. The number of carbonyl (C=O) groups excluding carboxylic acids is 2. The van der Waals surface area contributed by atoms with E-state index in [1.165, 1.54) is 17.0 Å². The number of esters is 1. The molecule has 1 atom stereocenters. The number of para-hydroxylation sites is 1. The zero-order valence-electron chi connectivity index (χ0n) is 16.7. The molecule has 0 aliphatic carbocycles. The summed E-state index contributed by atoms with van der Waals surface area (Å²) in [4.78, 5) is 27.1. The fourth-order valence-electron chi connectivity index (χ4n) is 3.29. The minimum Gasteiger partial charge on any atom is -0.484 e. The first-order valence-corrected chi connectivity index (χ1v) is 9.95. The van der Waals surface area contributed by atoms with Crippen LogP contribution >= 0.6 is 11.6 Å². The second-order valence-electron chi connectivity index (χ2n) is 6.45. The minimum absolute atomic E-state index is 0.0181. The van der Waals surface area contributed by atoms with Crippen molar-refractivity contribution in [3.8, 4) is 5.75 Å². The van der Waals surface area contributed by atoms with Gasteiger partial charge in [0.1, 0.15) is 6.61 Å². The molecule has 0 bridgehead atoms. The molecule has 0 radical (unpaired) electrons.